The lowest BCUT2D eigenvalue weighted by Gasteiger charge is -2.10. The summed E-state index contributed by atoms with van der Waals surface area (Å²) in [6.07, 6.45) is 4.81. The van der Waals surface area contributed by atoms with Gasteiger partial charge in [0.15, 0.2) is 5.76 Å². The van der Waals surface area contributed by atoms with Gasteiger partial charge in [-0.3, -0.25) is 14.6 Å². The third-order valence-corrected chi connectivity index (χ3v) is 3.67. The number of benzene rings is 1. The van der Waals surface area contributed by atoms with Crippen molar-refractivity contribution in [2.24, 2.45) is 0 Å². The molecule has 2 amide bonds. The van der Waals surface area contributed by atoms with Crippen molar-refractivity contribution < 1.29 is 14.0 Å². The monoisotopic (exact) mass is 335 g/mol. The Hall–Kier alpha value is -3.41. The number of nitrogens with one attached hydrogen (secondary N) is 2. The minimum atomic E-state index is -0.360. The number of carbonyl (C=O) groups is 2. The van der Waals surface area contributed by atoms with E-state index in [1.165, 1.54) is 6.26 Å². The van der Waals surface area contributed by atoms with E-state index >= 15 is 0 Å². The fourth-order valence-electron chi connectivity index (χ4n) is 2.28. The second-order valence-electron chi connectivity index (χ2n) is 5.51. The molecular weight excluding hydrogens is 318 g/mol. The first-order valence-electron chi connectivity index (χ1n) is 7.76. The Morgan fingerprint density at radius 1 is 1.12 bits per heavy atom. The fourth-order valence-corrected chi connectivity index (χ4v) is 2.28. The predicted molar refractivity (Wildman–Crippen MR) is 93.2 cm³/mol. The van der Waals surface area contributed by atoms with Crippen molar-refractivity contribution in [3.63, 3.8) is 0 Å². The number of carbonyl (C=O) groups excluding carboxylic acids is 2. The van der Waals surface area contributed by atoms with Gasteiger partial charge in [0.05, 0.1) is 6.26 Å². The summed E-state index contributed by atoms with van der Waals surface area (Å²) in [6, 6.07) is 12.1. The van der Waals surface area contributed by atoms with E-state index in [1.807, 2.05) is 19.1 Å². The van der Waals surface area contributed by atoms with Crippen LogP contribution in [-0.2, 0) is 6.54 Å². The molecule has 6 heteroatoms. The Balaban J connectivity index is 1.70. The number of furan rings is 1. The van der Waals surface area contributed by atoms with Gasteiger partial charge in [-0.15, -0.1) is 0 Å². The number of aryl methyl sites for hydroxylation is 1. The zero-order valence-corrected chi connectivity index (χ0v) is 13.7. The average Bonchev–Trinajstić information content (AvgIpc) is 3.17. The van der Waals surface area contributed by atoms with Crippen LogP contribution >= 0.6 is 0 Å². The Labute approximate surface area is 144 Å². The summed E-state index contributed by atoms with van der Waals surface area (Å²) in [5.41, 5.74) is 2.79. The van der Waals surface area contributed by atoms with Gasteiger partial charge in [-0.2, -0.15) is 0 Å². The van der Waals surface area contributed by atoms with Gasteiger partial charge in [0, 0.05) is 30.2 Å². The molecule has 1 aromatic carbocycles. The van der Waals surface area contributed by atoms with Gasteiger partial charge >= 0.3 is 0 Å². The quantitative estimate of drug-likeness (QED) is 0.750. The molecule has 3 rings (SSSR count). The van der Waals surface area contributed by atoms with Crippen molar-refractivity contribution in [2.45, 2.75) is 13.5 Å². The summed E-state index contributed by atoms with van der Waals surface area (Å²) in [4.78, 5) is 28.5. The van der Waals surface area contributed by atoms with E-state index in [2.05, 4.69) is 15.6 Å². The van der Waals surface area contributed by atoms with Gasteiger partial charge in [0.1, 0.15) is 0 Å². The number of anilines is 1. The lowest BCUT2D eigenvalue weighted by atomic mass is 10.1. The molecule has 0 saturated carbocycles. The molecule has 25 heavy (non-hydrogen) atoms. The third kappa shape index (κ3) is 4.11. The highest BCUT2D eigenvalue weighted by molar-refractivity contribution is 6.03. The minimum Gasteiger partial charge on any atom is -0.459 e. The standard InChI is InChI=1S/C19H17N3O3/c1-13-6-7-15(18(23)21-12-14-4-2-8-20-11-14)10-16(13)22-19(24)17-5-3-9-25-17/h2-11H,12H2,1H3,(H,21,23)(H,22,24). The number of nitrogens with zero attached hydrogens (tertiary/aromatic N) is 1. The molecule has 0 radical (unpaired) electrons. The summed E-state index contributed by atoms with van der Waals surface area (Å²) in [5, 5.41) is 5.59. The smallest absolute Gasteiger partial charge is 0.291 e. The first-order valence-corrected chi connectivity index (χ1v) is 7.76. The van der Waals surface area contributed by atoms with Crippen LogP contribution in [0.25, 0.3) is 0 Å². The second kappa shape index (κ2) is 7.44. The molecule has 6 nitrogen and oxygen atoms in total. The zero-order chi connectivity index (χ0) is 17.6. The first-order chi connectivity index (χ1) is 12.1. The molecule has 0 aliphatic heterocycles. The Kier molecular flexibility index (Phi) is 4.89. The lowest BCUT2D eigenvalue weighted by Crippen LogP contribution is -2.23. The fraction of sp³-hybridized carbons (Fsp3) is 0.105. The maximum absolute atomic E-state index is 12.3. The van der Waals surface area contributed by atoms with E-state index in [9.17, 15) is 9.59 Å². The van der Waals surface area contributed by atoms with Crippen molar-refractivity contribution in [1.29, 1.82) is 0 Å². The van der Waals surface area contributed by atoms with Crippen LogP contribution in [0.15, 0.2) is 65.5 Å². The first kappa shape index (κ1) is 16.4. The SMILES string of the molecule is Cc1ccc(C(=O)NCc2cccnc2)cc1NC(=O)c1ccco1. The van der Waals surface area contributed by atoms with E-state index in [4.69, 9.17) is 4.42 Å². The molecule has 2 aromatic heterocycles. The molecule has 0 aliphatic rings. The summed E-state index contributed by atoms with van der Waals surface area (Å²) >= 11 is 0. The van der Waals surface area contributed by atoms with Gasteiger partial charge < -0.3 is 15.1 Å². The number of pyridine rings is 1. The highest BCUT2D eigenvalue weighted by Crippen LogP contribution is 2.18. The van der Waals surface area contributed by atoms with Crippen LogP contribution in [0.3, 0.4) is 0 Å². The molecule has 0 aliphatic carbocycles. The van der Waals surface area contributed by atoms with E-state index in [-0.39, 0.29) is 17.6 Å². The number of amides is 2. The molecule has 0 fully saturated rings. The van der Waals surface area contributed by atoms with E-state index in [0.29, 0.717) is 17.8 Å². The minimum absolute atomic E-state index is 0.214. The topological polar surface area (TPSA) is 84.2 Å². The van der Waals surface area contributed by atoms with Crippen LogP contribution < -0.4 is 10.6 Å². The van der Waals surface area contributed by atoms with Crippen molar-refractivity contribution in [3.05, 3.63) is 83.6 Å². The van der Waals surface area contributed by atoms with E-state index in [1.54, 1.807) is 42.7 Å². The summed E-state index contributed by atoms with van der Waals surface area (Å²) in [5.74, 6) is -0.371. The maximum Gasteiger partial charge on any atom is 0.291 e. The van der Waals surface area contributed by atoms with Gasteiger partial charge in [0.25, 0.3) is 11.8 Å². The molecule has 0 atom stereocenters. The van der Waals surface area contributed by atoms with Crippen LogP contribution in [0.2, 0.25) is 0 Å². The van der Waals surface area contributed by atoms with Crippen molar-refractivity contribution >= 4 is 17.5 Å². The number of rotatable bonds is 5. The molecule has 0 saturated heterocycles. The van der Waals surface area contributed by atoms with E-state index < -0.39 is 0 Å². The molecule has 2 N–H and O–H groups in total. The lowest BCUT2D eigenvalue weighted by molar-refractivity contribution is 0.0949. The van der Waals surface area contributed by atoms with Crippen molar-refractivity contribution in [2.75, 3.05) is 5.32 Å². The molecular formula is C19H17N3O3. The van der Waals surface area contributed by atoms with Crippen molar-refractivity contribution in [3.8, 4) is 0 Å². The number of hydrogen-bond donors (Lipinski definition) is 2. The highest BCUT2D eigenvalue weighted by atomic mass is 16.3. The third-order valence-electron chi connectivity index (χ3n) is 3.67. The Morgan fingerprint density at radius 2 is 2.00 bits per heavy atom. The summed E-state index contributed by atoms with van der Waals surface area (Å²) in [6.45, 7) is 2.24. The molecule has 2 heterocycles. The van der Waals surface area contributed by atoms with E-state index in [0.717, 1.165) is 11.1 Å². The predicted octanol–water partition coefficient (Wildman–Crippen LogP) is 3.17. The van der Waals surface area contributed by atoms with Crippen LogP contribution in [-0.4, -0.2) is 16.8 Å². The molecule has 0 unspecified atom stereocenters. The largest absolute Gasteiger partial charge is 0.459 e. The molecule has 0 bridgehead atoms. The van der Waals surface area contributed by atoms with Gasteiger partial charge in [-0.1, -0.05) is 12.1 Å². The number of aromatic nitrogens is 1. The summed E-state index contributed by atoms with van der Waals surface area (Å²) in [7, 11) is 0. The van der Waals surface area contributed by atoms with Crippen molar-refractivity contribution in [1.82, 2.24) is 10.3 Å². The van der Waals surface area contributed by atoms with Crippen LogP contribution in [0.4, 0.5) is 5.69 Å². The Bertz CT molecular complexity index is 874. The van der Waals surface area contributed by atoms with Gasteiger partial charge in [-0.25, -0.2) is 0 Å². The zero-order valence-electron chi connectivity index (χ0n) is 13.7. The Morgan fingerprint density at radius 3 is 2.72 bits per heavy atom. The average molecular weight is 335 g/mol. The highest BCUT2D eigenvalue weighted by Gasteiger charge is 2.13. The molecule has 0 spiro atoms. The van der Waals surface area contributed by atoms with Crippen LogP contribution in [0.5, 0.6) is 0 Å². The normalized spacial score (nSPS) is 10.3. The maximum atomic E-state index is 12.3. The second-order valence-corrected chi connectivity index (χ2v) is 5.51. The number of hydrogen-bond acceptors (Lipinski definition) is 4. The molecule has 126 valence electrons. The summed E-state index contributed by atoms with van der Waals surface area (Å²) < 4.78 is 5.08. The van der Waals surface area contributed by atoms with Crippen LogP contribution in [0.1, 0.15) is 32.0 Å². The van der Waals surface area contributed by atoms with Gasteiger partial charge in [0.2, 0.25) is 0 Å². The van der Waals surface area contributed by atoms with Gasteiger partial charge in [-0.05, 0) is 48.4 Å². The molecule has 3 aromatic rings. The van der Waals surface area contributed by atoms with Crippen LogP contribution in [0, 0.1) is 6.92 Å².